The zero-order valence-corrected chi connectivity index (χ0v) is 12.4. The van der Waals surface area contributed by atoms with E-state index in [-0.39, 0.29) is 11.0 Å². The van der Waals surface area contributed by atoms with Gasteiger partial charge in [-0.1, -0.05) is 52.3 Å². The third-order valence-corrected chi connectivity index (χ3v) is 3.55. The molecule has 0 saturated heterocycles. The lowest BCUT2D eigenvalue weighted by molar-refractivity contribution is 0.566. The molecule has 0 saturated carbocycles. The lowest BCUT2D eigenvalue weighted by atomic mass is 9.85. The number of unbranched alkanes of at least 4 members (excludes halogenated alkanes) is 1. The molecule has 0 amide bonds. The minimum atomic E-state index is 0.0429. The van der Waals surface area contributed by atoms with Crippen molar-refractivity contribution in [3.05, 3.63) is 46.4 Å². The van der Waals surface area contributed by atoms with Crippen molar-refractivity contribution < 1.29 is 0 Å². The maximum Gasteiger partial charge on any atom is 0.258 e. The number of nitrogens with zero attached hydrogens (tertiary/aromatic N) is 1. The maximum atomic E-state index is 12.5. The molecule has 0 atom stereocenters. The molecule has 0 N–H and O–H groups in total. The van der Waals surface area contributed by atoms with Gasteiger partial charge in [-0.15, -0.1) is 0 Å². The second-order valence-electron chi connectivity index (χ2n) is 6.19. The Morgan fingerprint density at radius 1 is 1.11 bits per heavy atom. The van der Waals surface area contributed by atoms with Gasteiger partial charge in [-0.05, 0) is 28.9 Å². The summed E-state index contributed by atoms with van der Waals surface area (Å²) in [5, 5.41) is 1.93. The standard InChI is InChI=1S/C17H23NO/c1-5-6-11-18-12-15(17(2,3)4)13-9-7-8-10-14(13)16(18)19/h7-10,12H,5-6,11H2,1-4H3. The van der Waals surface area contributed by atoms with E-state index in [1.807, 2.05) is 22.8 Å². The number of hydrogen-bond donors (Lipinski definition) is 0. The molecule has 19 heavy (non-hydrogen) atoms. The molecule has 1 aromatic heterocycles. The van der Waals surface area contributed by atoms with E-state index in [1.54, 1.807) is 0 Å². The Bertz CT molecular complexity index is 632. The third-order valence-electron chi connectivity index (χ3n) is 3.55. The van der Waals surface area contributed by atoms with Crippen molar-refractivity contribution in [1.29, 1.82) is 0 Å². The lowest BCUT2D eigenvalue weighted by Gasteiger charge is -2.23. The molecule has 1 aromatic carbocycles. The normalized spacial score (nSPS) is 12.0. The summed E-state index contributed by atoms with van der Waals surface area (Å²) < 4.78 is 1.88. The third kappa shape index (κ3) is 2.73. The zero-order valence-electron chi connectivity index (χ0n) is 12.4. The molecule has 0 unspecified atom stereocenters. The summed E-state index contributed by atoms with van der Waals surface area (Å²) in [4.78, 5) is 12.5. The highest BCUT2D eigenvalue weighted by Crippen LogP contribution is 2.28. The first-order valence-corrected chi connectivity index (χ1v) is 7.08. The predicted molar refractivity (Wildman–Crippen MR) is 81.8 cm³/mol. The van der Waals surface area contributed by atoms with Gasteiger partial charge in [0.1, 0.15) is 0 Å². The second-order valence-corrected chi connectivity index (χ2v) is 6.19. The van der Waals surface area contributed by atoms with Crippen LogP contribution < -0.4 is 5.56 Å². The van der Waals surface area contributed by atoms with E-state index >= 15 is 0 Å². The number of hydrogen-bond acceptors (Lipinski definition) is 1. The summed E-state index contributed by atoms with van der Waals surface area (Å²) in [5.41, 5.74) is 1.43. The van der Waals surface area contributed by atoms with Crippen molar-refractivity contribution in [3.63, 3.8) is 0 Å². The average Bonchev–Trinajstić information content (AvgIpc) is 2.37. The topological polar surface area (TPSA) is 22.0 Å². The number of aryl methyl sites for hydroxylation is 1. The molecular weight excluding hydrogens is 234 g/mol. The Kier molecular flexibility index (Phi) is 3.79. The smallest absolute Gasteiger partial charge is 0.258 e. The highest BCUT2D eigenvalue weighted by Gasteiger charge is 2.19. The van der Waals surface area contributed by atoms with Crippen molar-refractivity contribution in [2.75, 3.05) is 0 Å². The summed E-state index contributed by atoms with van der Waals surface area (Å²) in [6.07, 6.45) is 4.20. The largest absolute Gasteiger partial charge is 0.315 e. The quantitative estimate of drug-likeness (QED) is 0.811. The SMILES string of the molecule is CCCCn1cc(C(C)(C)C)c2ccccc2c1=O. The summed E-state index contributed by atoms with van der Waals surface area (Å²) in [5.74, 6) is 0. The fraction of sp³-hybridized carbons (Fsp3) is 0.471. The molecule has 0 aliphatic rings. The summed E-state index contributed by atoms with van der Waals surface area (Å²) in [7, 11) is 0. The van der Waals surface area contributed by atoms with Gasteiger partial charge in [0, 0.05) is 18.1 Å². The molecule has 0 bridgehead atoms. The Morgan fingerprint density at radius 2 is 1.74 bits per heavy atom. The van der Waals surface area contributed by atoms with Crippen molar-refractivity contribution in [3.8, 4) is 0 Å². The fourth-order valence-corrected chi connectivity index (χ4v) is 2.44. The van der Waals surface area contributed by atoms with Crippen molar-refractivity contribution >= 4 is 10.8 Å². The Labute approximate surface area is 115 Å². The maximum absolute atomic E-state index is 12.5. The van der Waals surface area contributed by atoms with Gasteiger partial charge in [0.05, 0.1) is 0 Å². The minimum Gasteiger partial charge on any atom is -0.315 e. The van der Waals surface area contributed by atoms with E-state index in [0.717, 1.165) is 30.2 Å². The van der Waals surface area contributed by atoms with E-state index in [2.05, 4.69) is 40.0 Å². The molecule has 102 valence electrons. The average molecular weight is 257 g/mol. The molecule has 0 aliphatic heterocycles. The van der Waals surface area contributed by atoms with E-state index in [4.69, 9.17) is 0 Å². The van der Waals surface area contributed by atoms with Gasteiger partial charge in [-0.3, -0.25) is 4.79 Å². The van der Waals surface area contributed by atoms with Crippen LogP contribution in [0.15, 0.2) is 35.3 Å². The molecule has 0 fully saturated rings. The van der Waals surface area contributed by atoms with Gasteiger partial charge in [0.15, 0.2) is 0 Å². The molecule has 0 aliphatic carbocycles. The molecule has 2 aromatic rings. The van der Waals surface area contributed by atoms with Gasteiger partial charge in [-0.25, -0.2) is 0 Å². The molecule has 1 heterocycles. The number of fused-ring (bicyclic) bond motifs is 1. The fourth-order valence-electron chi connectivity index (χ4n) is 2.44. The van der Waals surface area contributed by atoms with Gasteiger partial charge >= 0.3 is 0 Å². The predicted octanol–water partition coefficient (Wildman–Crippen LogP) is 4.10. The van der Waals surface area contributed by atoms with Gasteiger partial charge < -0.3 is 4.57 Å². The van der Waals surface area contributed by atoms with Crippen molar-refractivity contribution in [1.82, 2.24) is 4.57 Å². The van der Waals surface area contributed by atoms with E-state index < -0.39 is 0 Å². The second kappa shape index (κ2) is 5.20. The van der Waals surface area contributed by atoms with Crippen LogP contribution in [0.5, 0.6) is 0 Å². The van der Waals surface area contributed by atoms with E-state index in [9.17, 15) is 4.79 Å². The van der Waals surface area contributed by atoms with Crippen LogP contribution >= 0.6 is 0 Å². The zero-order chi connectivity index (χ0) is 14.0. The summed E-state index contributed by atoms with van der Waals surface area (Å²) in [6, 6.07) is 7.95. The monoisotopic (exact) mass is 257 g/mol. The molecule has 2 heteroatoms. The first-order chi connectivity index (χ1) is 8.95. The van der Waals surface area contributed by atoms with Crippen LogP contribution in [0.1, 0.15) is 46.1 Å². The Morgan fingerprint density at radius 3 is 2.32 bits per heavy atom. The molecule has 2 nitrogen and oxygen atoms in total. The van der Waals surface area contributed by atoms with Crippen LogP contribution in [0.25, 0.3) is 10.8 Å². The summed E-state index contributed by atoms with van der Waals surface area (Å²) in [6.45, 7) is 9.55. The Balaban J connectivity index is 2.73. The van der Waals surface area contributed by atoms with Crippen LogP contribution in [-0.4, -0.2) is 4.57 Å². The highest BCUT2D eigenvalue weighted by molar-refractivity contribution is 5.85. The van der Waals surface area contributed by atoms with Crippen molar-refractivity contribution in [2.45, 2.75) is 52.5 Å². The van der Waals surface area contributed by atoms with E-state index in [0.29, 0.717) is 0 Å². The molecule has 2 rings (SSSR count). The molecule has 0 spiro atoms. The van der Waals surface area contributed by atoms with Crippen LogP contribution in [-0.2, 0) is 12.0 Å². The van der Waals surface area contributed by atoms with Crippen LogP contribution in [0.2, 0.25) is 0 Å². The van der Waals surface area contributed by atoms with Gasteiger partial charge in [0.2, 0.25) is 0 Å². The molecular formula is C17H23NO. The van der Waals surface area contributed by atoms with Gasteiger partial charge in [-0.2, -0.15) is 0 Å². The number of rotatable bonds is 3. The Hall–Kier alpha value is -1.57. The van der Waals surface area contributed by atoms with Crippen molar-refractivity contribution in [2.24, 2.45) is 0 Å². The number of benzene rings is 1. The van der Waals surface area contributed by atoms with Crippen LogP contribution in [0.4, 0.5) is 0 Å². The van der Waals surface area contributed by atoms with Crippen LogP contribution in [0.3, 0.4) is 0 Å². The minimum absolute atomic E-state index is 0.0429. The first-order valence-electron chi connectivity index (χ1n) is 7.08. The van der Waals surface area contributed by atoms with E-state index in [1.165, 1.54) is 5.56 Å². The highest BCUT2D eigenvalue weighted by atomic mass is 16.1. The van der Waals surface area contributed by atoms with Crippen LogP contribution in [0, 0.1) is 0 Å². The molecule has 0 radical (unpaired) electrons. The number of pyridine rings is 1. The number of aromatic nitrogens is 1. The summed E-state index contributed by atoms with van der Waals surface area (Å²) >= 11 is 0. The van der Waals surface area contributed by atoms with Gasteiger partial charge in [0.25, 0.3) is 5.56 Å². The first kappa shape index (κ1) is 13.9. The lowest BCUT2D eigenvalue weighted by Crippen LogP contribution is -2.24.